The lowest BCUT2D eigenvalue weighted by atomic mass is 9.82. The predicted molar refractivity (Wildman–Crippen MR) is 82.1 cm³/mol. The Morgan fingerprint density at radius 1 is 1.05 bits per heavy atom. The minimum Gasteiger partial charge on any atom is -0.350 e. The Hall–Kier alpha value is 0.280. The van der Waals surface area contributed by atoms with Crippen LogP contribution in [0, 0.1) is 23.7 Å². The Morgan fingerprint density at radius 3 is 2.48 bits per heavy atom. The summed E-state index contributed by atoms with van der Waals surface area (Å²) >= 11 is 7.69. The van der Waals surface area contributed by atoms with Crippen LogP contribution in [0.1, 0.15) is 0 Å². The highest BCUT2D eigenvalue weighted by Crippen LogP contribution is 2.69. The predicted octanol–water partition coefficient (Wildman–Crippen LogP) is 2.58. The summed E-state index contributed by atoms with van der Waals surface area (Å²) < 4.78 is 24.7. The number of rotatable bonds is 1. The molecule has 21 heavy (non-hydrogen) atoms. The topological polar surface area (TPSA) is 36.9 Å². The lowest BCUT2D eigenvalue weighted by Gasteiger charge is -2.35. The highest BCUT2D eigenvalue weighted by Gasteiger charge is 2.72. The van der Waals surface area contributed by atoms with Crippen molar-refractivity contribution in [1.29, 1.82) is 0 Å². The molecule has 3 aliphatic carbocycles. The van der Waals surface area contributed by atoms with Gasteiger partial charge < -0.3 is 18.9 Å². The molecule has 6 heteroatoms. The Morgan fingerprint density at radius 2 is 1.76 bits per heavy atom. The van der Waals surface area contributed by atoms with Crippen LogP contribution in [0.25, 0.3) is 0 Å². The molecule has 4 nitrogen and oxygen atoms in total. The van der Waals surface area contributed by atoms with E-state index in [4.69, 9.17) is 18.9 Å². The zero-order valence-electron chi connectivity index (χ0n) is 11.3. The van der Waals surface area contributed by atoms with Crippen molar-refractivity contribution in [2.75, 3.05) is 26.4 Å². The van der Waals surface area contributed by atoms with Gasteiger partial charge in [0.2, 0.25) is 5.79 Å². The summed E-state index contributed by atoms with van der Waals surface area (Å²) in [4.78, 5) is 0. The van der Waals surface area contributed by atoms with E-state index < -0.39 is 5.79 Å². The molecule has 0 radical (unpaired) electrons. The van der Waals surface area contributed by atoms with Gasteiger partial charge in [-0.1, -0.05) is 50.1 Å². The molecule has 2 heterocycles. The second-order valence-corrected chi connectivity index (χ2v) is 8.56. The molecule has 1 saturated carbocycles. The van der Waals surface area contributed by atoms with E-state index in [-0.39, 0.29) is 22.5 Å². The van der Waals surface area contributed by atoms with Crippen LogP contribution in [-0.2, 0) is 18.9 Å². The van der Waals surface area contributed by atoms with Crippen molar-refractivity contribution in [3.63, 3.8) is 0 Å². The maximum atomic E-state index is 6.06. The van der Waals surface area contributed by atoms with Gasteiger partial charge in [-0.25, -0.2) is 0 Å². The minimum atomic E-state index is -0.605. The van der Waals surface area contributed by atoms with Gasteiger partial charge in [0.15, 0.2) is 6.29 Å². The first kappa shape index (κ1) is 13.7. The lowest BCUT2D eigenvalue weighted by Crippen LogP contribution is -2.42. The molecule has 0 amide bonds. The molecule has 2 aliphatic heterocycles. The lowest BCUT2D eigenvalue weighted by molar-refractivity contribution is -0.168. The molecule has 0 aromatic heterocycles. The first-order valence-electron chi connectivity index (χ1n) is 7.44. The Bertz CT molecular complexity index is 536. The number of alkyl halides is 1. The molecule has 2 saturated heterocycles. The van der Waals surface area contributed by atoms with Gasteiger partial charge in [-0.3, -0.25) is 0 Å². The maximum absolute atomic E-state index is 6.06. The van der Waals surface area contributed by atoms with Gasteiger partial charge in [-0.15, -0.1) is 0 Å². The van der Waals surface area contributed by atoms with E-state index in [0.717, 1.165) is 4.48 Å². The molecule has 0 N–H and O–H groups in total. The molecule has 0 unspecified atom stereocenters. The quantitative estimate of drug-likeness (QED) is 0.483. The monoisotopic (exact) mass is 418 g/mol. The Kier molecular flexibility index (Phi) is 2.88. The summed E-state index contributed by atoms with van der Waals surface area (Å²) in [6, 6.07) is 0. The van der Waals surface area contributed by atoms with Gasteiger partial charge in [0.05, 0.1) is 35.2 Å². The van der Waals surface area contributed by atoms with Gasteiger partial charge in [-0.05, 0) is 5.92 Å². The summed E-state index contributed by atoms with van der Waals surface area (Å²) in [6.07, 6.45) is 6.69. The summed E-state index contributed by atoms with van der Waals surface area (Å²) in [5.74, 6) is 0.611. The highest BCUT2D eigenvalue weighted by atomic mass is 79.9. The summed E-state index contributed by atoms with van der Waals surface area (Å²) in [5, 5.41) is 0. The molecule has 1 spiro atoms. The van der Waals surface area contributed by atoms with Crippen molar-refractivity contribution >= 4 is 31.9 Å². The zero-order chi connectivity index (χ0) is 14.2. The molecule has 114 valence electrons. The van der Waals surface area contributed by atoms with Crippen LogP contribution in [-0.4, -0.2) is 42.8 Å². The molecule has 5 atom stereocenters. The molecule has 2 bridgehead atoms. The van der Waals surface area contributed by atoms with Crippen molar-refractivity contribution in [2.45, 2.75) is 16.4 Å². The first-order valence-corrected chi connectivity index (χ1v) is 9.03. The molecule has 0 aromatic rings. The van der Waals surface area contributed by atoms with E-state index in [0.29, 0.717) is 38.3 Å². The third-order valence-electron chi connectivity index (χ3n) is 5.57. The fourth-order valence-electron chi connectivity index (χ4n) is 4.86. The Balaban J connectivity index is 1.58. The smallest absolute Gasteiger partial charge is 0.205 e. The van der Waals surface area contributed by atoms with Crippen molar-refractivity contribution in [3.05, 3.63) is 22.7 Å². The third-order valence-corrected chi connectivity index (χ3v) is 7.71. The fourth-order valence-corrected chi connectivity index (χ4v) is 6.73. The van der Waals surface area contributed by atoms with Crippen LogP contribution in [0.15, 0.2) is 22.7 Å². The minimum absolute atomic E-state index is 0.130. The maximum Gasteiger partial charge on any atom is 0.205 e. The van der Waals surface area contributed by atoms with Crippen molar-refractivity contribution in [3.8, 4) is 0 Å². The Labute approximate surface area is 140 Å². The van der Waals surface area contributed by atoms with E-state index in [1.54, 1.807) is 0 Å². The van der Waals surface area contributed by atoms with E-state index in [2.05, 4.69) is 50.1 Å². The van der Waals surface area contributed by atoms with Crippen LogP contribution < -0.4 is 0 Å². The fraction of sp³-hybridized carbons (Fsp3) is 0.733. The van der Waals surface area contributed by atoms with Crippen molar-refractivity contribution < 1.29 is 18.9 Å². The number of fused-ring (bicyclic) bond motifs is 6. The second-order valence-electron chi connectivity index (χ2n) is 6.33. The van der Waals surface area contributed by atoms with E-state index in [9.17, 15) is 0 Å². The average molecular weight is 420 g/mol. The standard InChI is InChI=1S/C15H16Br2O4/c16-10-7-9-11(15(10)20-5-6-21-15)8-1-2-14(9,17)12(8)13-18-3-4-19-13/h1-2,7-9,11-13H,3-6H2/t8-,9+,11+,12-,14-/m0/s1. The van der Waals surface area contributed by atoms with Gasteiger partial charge in [0, 0.05) is 17.8 Å². The molecule has 5 rings (SSSR count). The normalized spacial score (nSPS) is 50.3. The van der Waals surface area contributed by atoms with Gasteiger partial charge in [0.1, 0.15) is 0 Å². The molecule has 0 aromatic carbocycles. The van der Waals surface area contributed by atoms with Crippen LogP contribution >= 0.6 is 31.9 Å². The highest BCUT2D eigenvalue weighted by molar-refractivity contribution is 9.11. The number of hydrogen-bond donors (Lipinski definition) is 0. The zero-order valence-corrected chi connectivity index (χ0v) is 14.5. The molecular formula is C15H16Br2O4. The number of ether oxygens (including phenoxy) is 4. The van der Waals surface area contributed by atoms with Crippen LogP contribution in [0.2, 0.25) is 0 Å². The first-order chi connectivity index (χ1) is 10.2. The van der Waals surface area contributed by atoms with E-state index in [1.807, 2.05) is 0 Å². The SMILES string of the molecule is BrC1=C[C@@H]2[C@@H]([C@@H]3C=C[C@@]2(Br)[C@@H]3C2OCCO2)C12OCCO2. The largest absolute Gasteiger partial charge is 0.350 e. The van der Waals surface area contributed by atoms with Crippen LogP contribution in [0.4, 0.5) is 0 Å². The van der Waals surface area contributed by atoms with Crippen LogP contribution in [0.5, 0.6) is 0 Å². The molecule has 3 fully saturated rings. The van der Waals surface area contributed by atoms with Crippen molar-refractivity contribution in [1.82, 2.24) is 0 Å². The van der Waals surface area contributed by atoms with E-state index >= 15 is 0 Å². The summed E-state index contributed by atoms with van der Waals surface area (Å²) in [6.45, 7) is 2.67. The second kappa shape index (κ2) is 4.42. The average Bonchev–Trinajstić information content (AvgIpc) is 3.22. The number of allylic oxidation sites excluding steroid dienone is 3. The summed E-state index contributed by atoms with van der Waals surface area (Å²) in [5.41, 5.74) is 0. The third kappa shape index (κ3) is 1.54. The molecular weight excluding hydrogens is 404 g/mol. The van der Waals surface area contributed by atoms with Crippen LogP contribution in [0.3, 0.4) is 0 Å². The molecule has 5 aliphatic rings. The number of hydrogen-bond acceptors (Lipinski definition) is 4. The number of halogens is 2. The van der Waals surface area contributed by atoms with Crippen molar-refractivity contribution in [2.24, 2.45) is 23.7 Å². The van der Waals surface area contributed by atoms with Gasteiger partial charge >= 0.3 is 0 Å². The van der Waals surface area contributed by atoms with Gasteiger partial charge in [-0.2, -0.15) is 0 Å². The van der Waals surface area contributed by atoms with Gasteiger partial charge in [0.25, 0.3) is 0 Å². The van der Waals surface area contributed by atoms with E-state index in [1.165, 1.54) is 0 Å². The summed E-state index contributed by atoms with van der Waals surface area (Å²) in [7, 11) is 0.